The van der Waals surface area contributed by atoms with Gasteiger partial charge in [-0.05, 0) is 54.6 Å². The number of carbonyl (C=O) groups is 2. The number of carbonyl (C=O) groups excluding carboxylic acids is 2. The topological polar surface area (TPSA) is 64.6 Å². The Kier molecular flexibility index (Phi) is 9.82. The zero-order valence-electron chi connectivity index (χ0n) is 21.6. The number of nitrogens with one attached hydrogen (secondary N) is 1. The molecule has 1 atom stereocenters. The van der Waals surface area contributed by atoms with E-state index in [9.17, 15) is 9.59 Å². The van der Waals surface area contributed by atoms with E-state index < -0.39 is 5.97 Å². The van der Waals surface area contributed by atoms with Crippen LogP contribution >= 0.6 is 0 Å². The second-order valence-corrected chi connectivity index (χ2v) is 9.26. The minimum Gasteiger partial charge on any atom is -0.307 e. The van der Waals surface area contributed by atoms with Crippen molar-refractivity contribution in [2.24, 2.45) is 0 Å². The molecule has 38 heavy (non-hydrogen) atoms. The Morgan fingerprint density at radius 2 is 1.37 bits per heavy atom. The lowest BCUT2D eigenvalue weighted by Gasteiger charge is -2.25. The van der Waals surface area contributed by atoms with Gasteiger partial charge < -0.3 is 5.32 Å². The van der Waals surface area contributed by atoms with Crippen LogP contribution in [0.5, 0.6) is 5.75 Å². The maximum atomic E-state index is 13.7. The lowest BCUT2D eigenvalue weighted by molar-refractivity contribution is -0.210. The summed E-state index contributed by atoms with van der Waals surface area (Å²) < 4.78 is 0. The minimum atomic E-state index is -0.502. The first-order valence-electron chi connectivity index (χ1n) is 13.0. The van der Waals surface area contributed by atoms with E-state index in [4.69, 9.17) is 4.89 Å². The van der Waals surface area contributed by atoms with Crippen LogP contribution in [0.25, 0.3) is 0 Å². The van der Waals surface area contributed by atoms with Gasteiger partial charge in [0.2, 0.25) is 0 Å². The van der Waals surface area contributed by atoms with Crippen molar-refractivity contribution in [1.82, 2.24) is 5.32 Å². The number of hydrogen-bond donors (Lipinski definition) is 1. The Morgan fingerprint density at radius 1 is 0.763 bits per heavy atom. The molecule has 4 rings (SSSR count). The van der Waals surface area contributed by atoms with E-state index in [1.165, 1.54) is 18.1 Å². The third kappa shape index (κ3) is 7.89. The maximum Gasteiger partial charge on any atom is 0.352 e. The van der Waals surface area contributed by atoms with E-state index >= 15 is 0 Å². The highest BCUT2D eigenvalue weighted by molar-refractivity contribution is 6.00. The normalized spacial score (nSPS) is 11.6. The van der Waals surface area contributed by atoms with Gasteiger partial charge in [-0.2, -0.15) is 0 Å². The standard InChI is InChI=1S/C33H33NO4/c1-25(35)37-38-30-21-11-13-26(23-30)14-12-22-34-32(33(36)29-19-9-4-10-20-29)24-31(27-15-5-2-6-16-27)28-17-7-3-8-18-28/h2-11,13,15-21,23,31-32,34H,12,14,22,24H2,1H3. The molecule has 0 aliphatic rings. The van der Waals surface area contributed by atoms with Crippen molar-refractivity contribution in [3.63, 3.8) is 0 Å². The van der Waals surface area contributed by atoms with Crippen LogP contribution in [-0.4, -0.2) is 24.3 Å². The lowest BCUT2D eigenvalue weighted by Crippen LogP contribution is -2.39. The molecule has 5 heteroatoms. The number of rotatable bonds is 13. The van der Waals surface area contributed by atoms with Gasteiger partial charge in [0.15, 0.2) is 11.5 Å². The highest BCUT2D eigenvalue weighted by Crippen LogP contribution is 2.30. The first kappa shape index (κ1) is 26.8. The lowest BCUT2D eigenvalue weighted by atomic mass is 9.84. The summed E-state index contributed by atoms with van der Waals surface area (Å²) in [5.41, 5.74) is 4.15. The molecule has 0 spiro atoms. The fourth-order valence-corrected chi connectivity index (χ4v) is 4.59. The Morgan fingerprint density at radius 3 is 1.97 bits per heavy atom. The summed E-state index contributed by atoms with van der Waals surface area (Å²) in [4.78, 5) is 34.3. The van der Waals surface area contributed by atoms with Crippen LogP contribution in [0.2, 0.25) is 0 Å². The van der Waals surface area contributed by atoms with Gasteiger partial charge in [-0.1, -0.05) is 103 Å². The molecule has 0 aromatic heterocycles. The van der Waals surface area contributed by atoms with Gasteiger partial charge in [0.05, 0.1) is 6.04 Å². The molecule has 0 bridgehead atoms. The molecule has 0 aliphatic heterocycles. The Labute approximate surface area is 224 Å². The Bertz CT molecular complexity index is 1250. The number of benzene rings is 4. The number of hydrogen-bond acceptors (Lipinski definition) is 5. The molecule has 0 heterocycles. The highest BCUT2D eigenvalue weighted by Gasteiger charge is 2.25. The van der Waals surface area contributed by atoms with E-state index in [1.807, 2.05) is 84.9 Å². The van der Waals surface area contributed by atoms with Gasteiger partial charge in [0.1, 0.15) is 0 Å². The zero-order chi connectivity index (χ0) is 26.6. The Hall–Kier alpha value is -4.22. The fraction of sp³-hybridized carbons (Fsp3) is 0.212. The van der Waals surface area contributed by atoms with Gasteiger partial charge in [-0.25, -0.2) is 4.79 Å². The van der Waals surface area contributed by atoms with E-state index in [1.54, 1.807) is 6.07 Å². The molecule has 4 aromatic carbocycles. The molecule has 0 saturated heterocycles. The predicted octanol–water partition coefficient (Wildman–Crippen LogP) is 6.54. The SMILES string of the molecule is CC(=O)OOc1cccc(CCCNC(CC(c2ccccc2)c2ccccc2)C(=O)c2ccccc2)c1. The van der Waals surface area contributed by atoms with Crippen molar-refractivity contribution in [1.29, 1.82) is 0 Å². The first-order valence-corrected chi connectivity index (χ1v) is 13.0. The fourth-order valence-electron chi connectivity index (χ4n) is 4.59. The summed E-state index contributed by atoms with van der Waals surface area (Å²) in [5, 5.41) is 3.56. The van der Waals surface area contributed by atoms with Crippen LogP contribution < -0.4 is 10.2 Å². The molecular weight excluding hydrogens is 474 g/mol. The van der Waals surface area contributed by atoms with E-state index in [-0.39, 0.29) is 17.7 Å². The molecule has 1 unspecified atom stereocenters. The highest BCUT2D eigenvalue weighted by atomic mass is 17.2. The van der Waals surface area contributed by atoms with Gasteiger partial charge in [-0.3, -0.25) is 14.6 Å². The van der Waals surface area contributed by atoms with Gasteiger partial charge in [0, 0.05) is 18.4 Å². The summed E-state index contributed by atoms with van der Waals surface area (Å²) in [5.74, 6) is 0.159. The number of aryl methyl sites for hydroxylation is 1. The summed E-state index contributed by atoms with van der Waals surface area (Å²) in [6, 6.07) is 37.4. The summed E-state index contributed by atoms with van der Waals surface area (Å²) in [6.45, 7) is 1.97. The maximum absolute atomic E-state index is 13.7. The summed E-state index contributed by atoms with van der Waals surface area (Å²) in [6.07, 6.45) is 2.27. The van der Waals surface area contributed by atoms with Crippen LogP contribution in [0.4, 0.5) is 0 Å². The van der Waals surface area contributed by atoms with Crippen LogP contribution in [-0.2, 0) is 16.1 Å². The quantitative estimate of drug-likeness (QED) is 0.0963. The van der Waals surface area contributed by atoms with Crippen LogP contribution in [0.3, 0.4) is 0 Å². The monoisotopic (exact) mass is 507 g/mol. The molecular formula is C33H33NO4. The second kappa shape index (κ2) is 13.9. The van der Waals surface area contributed by atoms with Crippen LogP contribution in [0, 0.1) is 0 Å². The van der Waals surface area contributed by atoms with Gasteiger partial charge in [0.25, 0.3) is 0 Å². The van der Waals surface area contributed by atoms with Crippen molar-refractivity contribution >= 4 is 11.8 Å². The third-order valence-electron chi connectivity index (χ3n) is 6.44. The Balaban J connectivity index is 1.47. The molecule has 5 nitrogen and oxygen atoms in total. The van der Waals surface area contributed by atoms with Crippen molar-refractivity contribution in [2.75, 3.05) is 6.54 Å². The van der Waals surface area contributed by atoms with Crippen molar-refractivity contribution in [3.8, 4) is 5.75 Å². The van der Waals surface area contributed by atoms with Crippen molar-refractivity contribution < 1.29 is 19.4 Å². The molecule has 0 amide bonds. The minimum absolute atomic E-state index is 0.0812. The average Bonchev–Trinajstić information content (AvgIpc) is 2.97. The molecule has 1 N–H and O–H groups in total. The van der Waals surface area contributed by atoms with Gasteiger partial charge >= 0.3 is 5.97 Å². The van der Waals surface area contributed by atoms with E-state index in [0.29, 0.717) is 24.3 Å². The summed E-state index contributed by atoms with van der Waals surface area (Å²) in [7, 11) is 0. The van der Waals surface area contributed by atoms with E-state index in [0.717, 1.165) is 18.4 Å². The zero-order valence-corrected chi connectivity index (χ0v) is 21.6. The average molecular weight is 508 g/mol. The van der Waals surface area contributed by atoms with Crippen LogP contribution in [0.15, 0.2) is 115 Å². The van der Waals surface area contributed by atoms with Crippen molar-refractivity contribution in [3.05, 3.63) is 138 Å². The second-order valence-electron chi connectivity index (χ2n) is 9.26. The molecule has 4 aromatic rings. The molecule has 0 fully saturated rings. The number of ketones is 1. The molecule has 0 radical (unpaired) electrons. The smallest absolute Gasteiger partial charge is 0.307 e. The van der Waals surface area contributed by atoms with Gasteiger partial charge in [-0.15, -0.1) is 0 Å². The molecule has 194 valence electrons. The molecule has 0 aliphatic carbocycles. The number of Topliss-reactive ketones (excluding diaryl/α,β-unsaturated/α-hetero) is 1. The van der Waals surface area contributed by atoms with E-state index in [2.05, 4.69) is 34.5 Å². The molecule has 0 saturated carbocycles. The van der Waals surface area contributed by atoms with Crippen molar-refractivity contribution in [2.45, 2.75) is 38.1 Å². The van der Waals surface area contributed by atoms with Crippen LogP contribution in [0.1, 0.15) is 52.7 Å². The summed E-state index contributed by atoms with van der Waals surface area (Å²) >= 11 is 0. The first-order chi connectivity index (χ1) is 18.6. The predicted molar refractivity (Wildman–Crippen MR) is 149 cm³/mol. The largest absolute Gasteiger partial charge is 0.352 e. The third-order valence-corrected chi connectivity index (χ3v) is 6.44.